The van der Waals surface area contributed by atoms with Gasteiger partial charge in [0.15, 0.2) is 0 Å². The molecular formula is C29H25ClN4O. The van der Waals surface area contributed by atoms with Crippen molar-refractivity contribution in [1.29, 1.82) is 0 Å². The first kappa shape index (κ1) is 22.7. The molecule has 4 aromatic carbocycles. The molecule has 0 radical (unpaired) electrons. The molecule has 4 aromatic rings. The summed E-state index contributed by atoms with van der Waals surface area (Å²) in [5, 5.41) is 12.2. The van der Waals surface area contributed by atoms with Crippen molar-refractivity contribution >= 4 is 34.9 Å². The van der Waals surface area contributed by atoms with E-state index >= 15 is 0 Å². The van der Waals surface area contributed by atoms with Gasteiger partial charge in [0.25, 0.3) is 0 Å². The van der Waals surface area contributed by atoms with Gasteiger partial charge in [-0.2, -0.15) is 10.2 Å². The molecule has 0 unspecified atom stereocenters. The molecule has 1 aliphatic heterocycles. The van der Waals surface area contributed by atoms with Crippen molar-refractivity contribution in [2.24, 2.45) is 10.2 Å². The maximum absolute atomic E-state index is 6.10. The third-order valence-corrected chi connectivity index (χ3v) is 6.18. The summed E-state index contributed by atoms with van der Waals surface area (Å²) in [6, 6.07) is 34.3. The lowest BCUT2D eigenvalue weighted by Crippen LogP contribution is -2.18. The van der Waals surface area contributed by atoms with Crippen molar-refractivity contribution in [2.45, 2.75) is 12.5 Å². The van der Waals surface area contributed by atoms with Crippen molar-refractivity contribution in [1.82, 2.24) is 0 Å². The van der Waals surface area contributed by atoms with Gasteiger partial charge in [0, 0.05) is 11.4 Å². The van der Waals surface area contributed by atoms with Crippen molar-refractivity contribution < 1.29 is 4.74 Å². The molecule has 1 N–H and O–H groups in total. The maximum atomic E-state index is 6.10. The number of nitrogens with zero attached hydrogens (tertiary/aromatic N) is 3. The van der Waals surface area contributed by atoms with Crippen molar-refractivity contribution in [3.05, 3.63) is 125 Å². The normalized spacial score (nSPS) is 15.3. The van der Waals surface area contributed by atoms with E-state index in [1.807, 2.05) is 85.1 Å². The summed E-state index contributed by atoms with van der Waals surface area (Å²) in [5.74, 6) is 0.838. The van der Waals surface area contributed by atoms with E-state index in [0.717, 1.165) is 45.4 Å². The Hall–Kier alpha value is -4.09. The number of para-hydroxylation sites is 1. The molecule has 0 aliphatic carbocycles. The Bertz CT molecular complexity index is 1320. The monoisotopic (exact) mass is 480 g/mol. The summed E-state index contributed by atoms with van der Waals surface area (Å²) in [6.07, 6.45) is 2.60. The number of halogens is 1. The van der Waals surface area contributed by atoms with E-state index in [1.165, 1.54) is 5.56 Å². The Morgan fingerprint density at radius 3 is 2.31 bits per heavy atom. The minimum Gasteiger partial charge on any atom is -0.497 e. The standard InChI is InChI=1S/C29H25ClN4O/c1-35-27-17-11-23(12-18-27)29-19-28(22-9-13-24(30)14-10-22)33-34(29)26-15-7-21(8-16-26)20-31-32-25-5-3-2-4-6-25/h2-18,20,29,32H,19H2,1H3/t29-/m1/s1. The fraction of sp³-hybridized carbons (Fsp3) is 0.103. The molecule has 6 heteroatoms. The molecule has 5 rings (SSSR count). The van der Waals surface area contributed by atoms with Crippen LogP contribution in [0.4, 0.5) is 11.4 Å². The summed E-state index contributed by atoms with van der Waals surface area (Å²) < 4.78 is 5.35. The number of anilines is 2. The van der Waals surface area contributed by atoms with Crippen LogP contribution < -0.4 is 15.2 Å². The Morgan fingerprint density at radius 2 is 1.63 bits per heavy atom. The SMILES string of the molecule is COc1ccc([C@H]2CC(c3ccc(Cl)cc3)=NN2c2ccc(C=NNc3ccccc3)cc2)cc1. The molecule has 1 atom stereocenters. The molecule has 0 bridgehead atoms. The molecule has 0 aromatic heterocycles. The first-order chi connectivity index (χ1) is 17.2. The minimum absolute atomic E-state index is 0.0749. The Kier molecular flexibility index (Phi) is 6.77. The molecule has 1 aliphatic rings. The third kappa shape index (κ3) is 5.36. The van der Waals surface area contributed by atoms with Gasteiger partial charge < -0.3 is 4.74 Å². The van der Waals surface area contributed by atoms with Crippen LogP contribution in [0.3, 0.4) is 0 Å². The number of benzene rings is 4. The Morgan fingerprint density at radius 1 is 0.914 bits per heavy atom. The van der Waals surface area contributed by atoms with Crippen LogP contribution >= 0.6 is 11.6 Å². The average Bonchev–Trinajstić information content (AvgIpc) is 3.36. The molecule has 0 spiro atoms. The lowest BCUT2D eigenvalue weighted by Gasteiger charge is -2.24. The van der Waals surface area contributed by atoms with Crippen LogP contribution in [0.15, 0.2) is 113 Å². The molecular weight excluding hydrogens is 456 g/mol. The number of methoxy groups -OCH3 is 1. The number of hydrogen-bond donors (Lipinski definition) is 1. The zero-order valence-electron chi connectivity index (χ0n) is 19.3. The highest BCUT2D eigenvalue weighted by Gasteiger charge is 2.30. The summed E-state index contributed by atoms with van der Waals surface area (Å²) in [7, 11) is 1.68. The summed E-state index contributed by atoms with van der Waals surface area (Å²) in [4.78, 5) is 0. The molecule has 174 valence electrons. The van der Waals surface area contributed by atoms with Gasteiger partial charge in [0.05, 0.1) is 36.5 Å². The lowest BCUT2D eigenvalue weighted by atomic mass is 9.98. The number of nitrogens with one attached hydrogen (secondary N) is 1. The molecule has 0 amide bonds. The summed E-state index contributed by atoms with van der Waals surface area (Å²) in [5.41, 5.74) is 9.29. The van der Waals surface area contributed by atoms with E-state index in [2.05, 4.69) is 39.8 Å². The quantitative estimate of drug-likeness (QED) is 0.226. The maximum Gasteiger partial charge on any atom is 0.118 e. The smallest absolute Gasteiger partial charge is 0.118 e. The molecule has 0 saturated heterocycles. The largest absolute Gasteiger partial charge is 0.497 e. The van der Waals surface area contributed by atoms with E-state index in [0.29, 0.717) is 0 Å². The molecule has 5 nitrogen and oxygen atoms in total. The first-order valence-electron chi connectivity index (χ1n) is 11.4. The Balaban J connectivity index is 1.39. The predicted molar refractivity (Wildman–Crippen MR) is 145 cm³/mol. The summed E-state index contributed by atoms with van der Waals surface area (Å²) >= 11 is 6.10. The van der Waals surface area contributed by atoms with Crippen LogP contribution in [-0.4, -0.2) is 19.0 Å². The van der Waals surface area contributed by atoms with Gasteiger partial charge in [-0.05, 0) is 65.2 Å². The second-order valence-corrected chi connectivity index (χ2v) is 8.66. The van der Waals surface area contributed by atoms with Crippen molar-refractivity contribution in [3.8, 4) is 5.75 Å². The van der Waals surface area contributed by atoms with Crippen LogP contribution in [0.25, 0.3) is 0 Å². The van der Waals surface area contributed by atoms with Crippen LogP contribution in [0.2, 0.25) is 5.02 Å². The third-order valence-electron chi connectivity index (χ3n) is 5.93. The van der Waals surface area contributed by atoms with E-state index in [-0.39, 0.29) is 6.04 Å². The highest BCUT2D eigenvalue weighted by Crippen LogP contribution is 2.37. The fourth-order valence-electron chi connectivity index (χ4n) is 4.06. The van der Waals surface area contributed by atoms with Crippen molar-refractivity contribution in [2.75, 3.05) is 17.5 Å². The first-order valence-corrected chi connectivity index (χ1v) is 11.8. The van der Waals surface area contributed by atoms with E-state index in [1.54, 1.807) is 7.11 Å². The van der Waals surface area contributed by atoms with Gasteiger partial charge in [-0.1, -0.05) is 66.2 Å². The molecule has 35 heavy (non-hydrogen) atoms. The minimum atomic E-state index is 0.0749. The highest BCUT2D eigenvalue weighted by atomic mass is 35.5. The predicted octanol–water partition coefficient (Wildman–Crippen LogP) is 7.15. The van der Waals surface area contributed by atoms with Gasteiger partial charge >= 0.3 is 0 Å². The second kappa shape index (κ2) is 10.5. The second-order valence-electron chi connectivity index (χ2n) is 8.22. The van der Waals surface area contributed by atoms with Crippen LogP contribution in [0.1, 0.15) is 29.2 Å². The average molecular weight is 481 g/mol. The van der Waals surface area contributed by atoms with Crippen molar-refractivity contribution in [3.63, 3.8) is 0 Å². The van der Waals surface area contributed by atoms with Gasteiger partial charge in [0.2, 0.25) is 0 Å². The van der Waals surface area contributed by atoms with Gasteiger partial charge in [-0.3, -0.25) is 10.4 Å². The zero-order chi connectivity index (χ0) is 24.0. The summed E-state index contributed by atoms with van der Waals surface area (Å²) in [6.45, 7) is 0. The van der Waals surface area contributed by atoms with Gasteiger partial charge in [-0.15, -0.1) is 0 Å². The van der Waals surface area contributed by atoms with E-state index < -0.39 is 0 Å². The molecule has 0 fully saturated rings. The van der Waals surface area contributed by atoms with Crippen LogP contribution in [0, 0.1) is 0 Å². The zero-order valence-corrected chi connectivity index (χ0v) is 20.1. The lowest BCUT2D eigenvalue weighted by molar-refractivity contribution is 0.414. The van der Waals surface area contributed by atoms with E-state index in [4.69, 9.17) is 21.4 Å². The van der Waals surface area contributed by atoms with Crippen LogP contribution in [-0.2, 0) is 0 Å². The number of rotatable bonds is 7. The molecule has 1 heterocycles. The van der Waals surface area contributed by atoms with Gasteiger partial charge in [0.1, 0.15) is 5.75 Å². The van der Waals surface area contributed by atoms with E-state index in [9.17, 15) is 0 Å². The number of hydrogen-bond acceptors (Lipinski definition) is 5. The Labute approximate surface area is 210 Å². The highest BCUT2D eigenvalue weighted by molar-refractivity contribution is 6.30. The fourth-order valence-corrected chi connectivity index (χ4v) is 4.18. The topological polar surface area (TPSA) is 49.2 Å². The number of hydrazone groups is 2. The van der Waals surface area contributed by atoms with Crippen LogP contribution in [0.5, 0.6) is 5.75 Å². The molecule has 0 saturated carbocycles. The number of ether oxygens (including phenoxy) is 1. The van der Waals surface area contributed by atoms with Gasteiger partial charge in [-0.25, -0.2) is 0 Å².